The molecule has 6 nitrogen and oxygen atoms in total. The minimum absolute atomic E-state index is 0.482. The van der Waals surface area contributed by atoms with Gasteiger partial charge in [-0.2, -0.15) is 10.2 Å². The summed E-state index contributed by atoms with van der Waals surface area (Å²) in [5, 5.41) is 16.3. The number of benzene rings is 1. The topological polar surface area (TPSA) is 59.7 Å². The van der Waals surface area contributed by atoms with E-state index in [1.54, 1.807) is 0 Å². The lowest BCUT2D eigenvalue weighted by Crippen LogP contribution is -2.20. The SMILES string of the molecule is Cc1nn(C)c(C)c1NC(=S)Nc1ccn(Cc2ccc(Cl)cc2)n1. The Morgan fingerprint density at radius 1 is 1.12 bits per heavy atom. The Hall–Kier alpha value is -2.38. The second-order valence-corrected chi connectivity index (χ2v) is 6.62. The summed E-state index contributed by atoms with van der Waals surface area (Å²) in [7, 11) is 1.91. The Morgan fingerprint density at radius 2 is 1.84 bits per heavy atom. The third kappa shape index (κ3) is 4.18. The van der Waals surface area contributed by atoms with E-state index >= 15 is 0 Å². The summed E-state index contributed by atoms with van der Waals surface area (Å²) < 4.78 is 3.66. The number of nitrogens with zero attached hydrogens (tertiary/aromatic N) is 4. The van der Waals surface area contributed by atoms with Gasteiger partial charge in [-0.25, -0.2) is 0 Å². The fourth-order valence-corrected chi connectivity index (χ4v) is 2.84. The molecule has 0 radical (unpaired) electrons. The molecule has 0 saturated carbocycles. The summed E-state index contributed by atoms with van der Waals surface area (Å²) in [6, 6.07) is 9.59. The lowest BCUT2D eigenvalue weighted by atomic mass is 10.2. The fraction of sp³-hybridized carbons (Fsp3) is 0.235. The van der Waals surface area contributed by atoms with Crippen LogP contribution in [0.1, 0.15) is 17.0 Å². The van der Waals surface area contributed by atoms with Crippen molar-refractivity contribution in [1.29, 1.82) is 0 Å². The van der Waals surface area contributed by atoms with E-state index in [2.05, 4.69) is 20.8 Å². The smallest absolute Gasteiger partial charge is 0.176 e. The molecular formula is C17H19ClN6S. The van der Waals surface area contributed by atoms with Crippen LogP contribution in [0.5, 0.6) is 0 Å². The minimum atomic E-state index is 0.482. The molecule has 8 heteroatoms. The third-order valence-corrected chi connectivity index (χ3v) is 4.34. The highest BCUT2D eigenvalue weighted by molar-refractivity contribution is 7.80. The maximum Gasteiger partial charge on any atom is 0.176 e. The summed E-state index contributed by atoms with van der Waals surface area (Å²) in [6.45, 7) is 4.60. The van der Waals surface area contributed by atoms with Gasteiger partial charge in [-0.05, 0) is 43.8 Å². The first-order valence-corrected chi connectivity index (χ1v) is 8.57. The molecule has 3 aromatic rings. The second-order valence-electron chi connectivity index (χ2n) is 5.77. The number of anilines is 2. The van der Waals surface area contributed by atoms with Gasteiger partial charge in [-0.3, -0.25) is 9.36 Å². The van der Waals surface area contributed by atoms with Gasteiger partial charge >= 0.3 is 0 Å². The van der Waals surface area contributed by atoms with Crippen molar-refractivity contribution >= 4 is 40.4 Å². The fourth-order valence-electron chi connectivity index (χ4n) is 2.51. The third-order valence-electron chi connectivity index (χ3n) is 3.89. The first-order valence-electron chi connectivity index (χ1n) is 7.78. The molecule has 0 aliphatic rings. The van der Waals surface area contributed by atoms with Crippen molar-refractivity contribution in [2.45, 2.75) is 20.4 Å². The van der Waals surface area contributed by atoms with Gasteiger partial charge in [0.25, 0.3) is 0 Å². The van der Waals surface area contributed by atoms with Crippen molar-refractivity contribution < 1.29 is 0 Å². The van der Waals surface area contributed by atoms with Crippen LogP contribution in [0.2, 0.25) is 5.02 Å². The number of thiocarbonyl (C=S) groups is 1. The number of hydrogen-bond donors (Lipinski definition) is 2. The van der Waals surface area contributed by atoms with Gasteiger partial charge in [0.15, 0.2) is 10.9 Å². The predicted octanol–water partition coefficient (Wildman–Crippen LogP) is 3.74. The monoisotopic (exact) mass is 374 g/mol. The Kier molecular flexibility index (Phi) is 5.06. The lowest BCUT2D eigenvalue weighted by Gasteiger charge is -2.09. The Labute approximate surface area is 156 Å². The number of nitrogens with one attached hydrogen (secondary N) is 2. The van der Waals surface area contributed by atoms with Crippen molar-refractivity contribution in [2.75, 3.05) is 10.6 Å². The zero-order valence-electron chi connectivity index (χ0n) is 14.2. The Morgan fingerprint density at radius 3 is 2.48 bits per heavy atom. The zero-order valence-corrected chi connectivity index (χ0v) is 15.8. The van der Waals surface area contributed by atoms with Crippen molar-refractivity contribution in [1.82, 2.24) is 19.6 Å². The number of aromatic nitrogens is 4. The highest BCUT2D eigenvalue weighted by atomic mass is 35.5. The van der Waals surface area contributed by atoms with E-state index in [-0.39, 0.29) is 0 Å². The van der Waals surface area contributed by atoms with Crippen LogP contribution in [-0.2, 0) is 13.6 Å². The van der Waals surface area contributed by atoms with Crippen molar-refractivity contribution in [3.63, 3.8) is 0 Å². The largest absolute Gasteiger partial charge is 0.329 e. The molecule has 0 unspecified atom stereocenters. The molecule has 0 bridgehead atoms. The van der Waals surface area contributed by atoms with Gasteiger partial charge in [0.05, 0.1) is 23.6 Å². The number of rotatable bonds is 4. The van der Waals surface area contributed by atoms with Crippen LogP contribution in [-0.4, -0.2) is 24.7 Å². The summed E-state index contributed by atoms with van der Waals surface area (Å²) in [5.41, 5.74) is 3.97. The van der Waals surface area contributed by atoms with Crippen LogP contribution < -0.4 is 10.6 Å². The molecule has 0 aliphatic heterocycles. The predicted molar refractivity (Wildman–Crippen MR) is 105 cm³/mol. The molecule has 0 aliphatic carbocycles. The van der Waals surface area contributed by atoms with E-state index in [9.17, 15) is 0 Å². The Balaban J connectivity index is 1.62. The first-order chi connectivity index (χ1) is 11.9. The van der Waals surface area contributed by atoms with Gasteiger partial charge in [-0.1, -0.05) is 23.7 Å². The van der Waals surface area contributed by atoms with Crippen LogP contribution in [0.15, 0.2) is 36.5 Å². The maximum absolute atomic E-state index is 5.91. The minimum Gasteiger partial charge on any atom is -0.329 e. The second kappa shape index (κ2) is 7.25. The van der Waals surface area contributed by atoms with Crippen molar-refractivity contribution in [3.05, 3.63) is 58.5 Å². The van der Waals surface area contributed by atoms with Gasteiger partial charge < -0.3 is 10.6 Å². The highest BCUT2D eigenvalue weighted by Gasteiger charge is 2.11. The van der Waals surface area contributed by atoms with E-state index in [0.29, 0.717) is 17.5 Å². The Bertz CT molecular complexity index is 897. The average Bonchev–Trinajstić information content (AvgIpc) is 3.09. The lowest BCUT2D eigenvalue weighted by molar-refractivity contribution is 0.690. The summed E-state index contributed by atoms with van der Waals surface area (Å²) >= 11 is 11.3. The van der Waals surface area contributed by atoms with Crippen LogP contribution in [0.4, 0.5) is 11.5 Å². The van der Waals surface area contributed by atoms with Crippen LogP contribution in [0.3, 0.4) is 0 Å². The summed E-state index contributed by atoms with van der Waals surface area (Å²) in [6.07, 6.45) is 1.90. The molecule has 0 fully saturated rings. The maximum atomic E-state index is 5.91. The number of halogens is 1. The molecule has 1 aromatic carbocycles. The van der Waals surface area contributed by atoms with E-state index in [0.717, 1.165) is 27.7 Å². The summed E-state index contributed by atoms with van der Waals surface area (Å²) in [5.74, 6) is 0.686. The average molecular weight is 375 g/mol. The molecular weight excluding hydrogens is 356 g/mol. The van der Waals surface area contributed by atoms with E-state index < -0.39 is 0 Å². The molecule has 0 saturated heterocycles. The number of aryl methyl sites for hydroxylation is 2. The normalized spacial score (nSPS) is 10.7. The molecule has 2 N–H and O–H groups in total. The first kappa shape index (κ1) is 17.4. The van der Waals surface area contributed by atoms with Crippen LogP contribution >= 0.6 is 23.8 Å². The van der Waals surface area contributed by atoms with Gasteiger partial charge in [0, 0.05) is 24.3 Å². The van der Waals surface area contributed by atoms with Gasteiger partial charge in [0.2, 0.25) is 0 Å². The molecule has 130 valence electrons. The molecule has 25 heavy (non-hydrogen) atoms. The van der Waals surface area contributed by atoms with Crippen molar-refractivity contribution in [3.8, 4) is 0 Å². The van der Waals surface area contributed by atoms with E-state index in [1.807, 2.05) is 66.8 Å². The molecule has 0 amide bonds. The quantitative estimate of drug-likeness (QED) is 0.681. The molecule has 2 heterocycles. The molecule has 3 rings (SSSR count). The van der Waals surface area contributed by atoms with E-state index in [4.69, 9.17) is 23.8 Å². The summed E-state index contributed by atoms with van der Waals surface area (Å²) in [4.78, 5) is 0. The van der Waals surface area contributed by atoms with Crippen LogP contribution in [0, 0.1) is 13.8 Å². The highest BCUT2D eigenvalue weighted by Crippen LogP contribution is 2.18. The molecule has 0 spiro atoms. The molecule has 2 aromatic heterocycles. The zero-order chi connectivity index (χ0) is 18.0. The standard InChI is InChI=1S/C17H19ClN6S/c1-11-16(12(2)23(3)21-11)20-17(25)19-15-8-9-24(22-15)10-13-4-6-14(18)7-5-13/h4-9H,10H2,1-3H3,(H2,19,20,22,25). The van der Waals surface area contributed by atoms with Crippen LogP contribution in [0.25, 0.3) is 0 Å². The van der Waals surface area contributed by atoms with Gasteiger partial charge in [0.1, 0.15) is 0 Å². The molecule has 0 atom stereocenters. The van der Waals surface area contributed by atoms with Crippen molar-refractivity contribution in [2.24, 2.45) is 7.05 Å². The van der Waals surface area contributed by atoms with E-state index in [1.165, 1.54) is 0 Å². The number of hydrogen-bond acceptors (Lipinski definition) is 3. The van der Waals surface area contributed by atoms with Gasteiger partial charge in [-0.15, -0.1) is 0 Å².